The predicted molar refractivity (Wildman–Crippen MR) is 74.0 cm³/mol. The zero-order valence-corrected chi connectivity index (χ0v) is 11.5. The predicted octanol–water partition coefficient (Wildman–Crippen LogP) is 4.45. The molecule has 1 N–H and O–H groups in total. The van der Waals surface area contributed by atoms with Crippen molar-refractivity contribution in [3.63, 3.8) is 0 Å². The van der Waals surface area contributed by atoms with Crippen LogP contribution >= 0.6 is 0 Å². The highest BCUT2D eigenvalue weighted by atomic mass is 19.1. The molecule has 0 aromatic heterocycles. The molecule has 0 amide bonds. The lowest BCUT2D eigenvalue weighted by Gasteiger charge is -2.33. The fourth-order valence-electron chi connectivity index (χ4n) is 2.97. The largest absolute Gasteiger partial charge is 0.307 e. The quantitative estimate of drug-likeness (QED) is 0.831. The lowest BCUT2D eigenvalue weighted by Crippen LogP contribution is -2.39. The van der Waals surface area contributed by atoms with Crippen molar-refractivity contribution in [3.05, 3.63) is 35.6 Å². The van der Waals surface area contributed by atoms with Crippen molar-refractivity contribution in [2.45, 2.75) is 58.0 Å². The standard InChI is InChI=1S/C16H24FN/c1-3-15(13-8-10-14(17)11-9-13)18-16-7-5-4-6-12(16)2/h8-12,15-16,18H,3-7H2,1-2H3. The van der Waals surface area contributed by atoms with E-state index in [9.17, 15) is 4.39 Å². The third-order valence-electron chi connectivity index (χ3n) is 4.21. The summed E-state index contributed by atoms with van der Waals surface area (Å²) in [6.45, 7) is 4.53. The van der Waals surface area contributed by atoms with E-state index in [-0.39, 0.29) is 5.82 Å². The maximum Gasteiger partial charge on any atom is 0.123 e. The molecule has 2 rings (SSSR count). The monoisotopic (exact) mass is 249 g/mol. The molecule has 0 bridgehead atoms. The first kappa shape index (κ1) is 13.5. The van der Waals surface area contributed by atoms with Gasteiger partial charge in [-0.15, -0.1) is 0 Å². The molecular weight excluding hydrogens is 225 g/mol. The van der Waals surface area contributed by atoms with Gasteiger partial charge in [-0.25, -0.2) is 4.39 Å². The highest BCUT2D eigenvalue weighted by Gasteiger charge is 2.23. The Kier molecular flexibility index (Phi) is 4.76. The van der Waals surface area contributed by atoms with Gasteiger partial charge in [-0.05, 0) is 42.9 Å². The smallest absolute Gasteiger partial charge is 0.123 e. The van der Waals surface area contributed by atoms with Crippen LogP contribution in [0.15, 0.2) is 24.3 Å². The van der Waals surface area contributed by atoms with E-state index in [1.54, 1.807) is 12.1 Å². The first-order valence-corrected chi connectivity index (χ1v) is 7.22. The maximum absolute atomic E-state index is 13.0. The number of nitrogens with one attached hydrogen (secondary N) is 1. The zero-order valence-electron chi connectivity index (χ0n) is 11.5. The van der Waals surface area contributed by atoms with Crippen LogP contribution in [0.3, 0.4) is 0 Å². The molecule has 0 radical (unpaired) electrons. The highest BCUT2D eigenvalue weighted by molar-refractivity contribution is 5.20. The average Bonchev–Trinajstić information content (AvgIpc) is 2.39. The normalized spacial score (nSPS) is 25.9. The van der Waals surface area contributed by atoms with Gasteiger partial charge in [-0.1, -0.05) is 38.8 Å². The summed E-state index contributed by atoms with van der Waals surface area (Å²) in [6, 6.07) is 7.91. The van der Waals surface area contributed by atoms with E-state index in [1.165, 1.54) is 31.2 Å². The molecule has 0 saturated heterocycles. The summed E-state index contributed by atoms with van der Waals surface area (Å²) in [6.07, 6.45) is 6.36. The van der Waals surface area contributed by atoms with Gasteiger partial charge in [0.15, 0.2) is 0 Å². The Balaban J connectivity index is 2.02. The Bertz CT molecular complexity index is 360. The van der Waals surface area contributed by atoms with E-state index >= 15 is 0 Å². The van der Waals surface area contributed by atoms with Gasteiger partial charge < -0.3 is 5.32 Å². The molecule has 1 saturated carbocycles. The SMILES string of the molecule is CCC(NC1CCCCC1C)c1ccc(F)cc1. The molecule has 3 atom stereocenters. The summed E-state index contributed by atoms with van der Waals surface area (Å²) in [4.78, 5) is 0. The molecule has 1 fully saturated rings. The number of benzene rings is 1. The van der Waals surface area contributed by atoms with Crippen LogP contribution < -0.4 is 5.32 Å². The van der Waals surface area contributed by atoms with Crippen LogP contribution in [0.4, 0.5) is 4.39 Å². The summed E-state index contributed by atoms with van der Waals surface area (Å²) < 4.78 is 13.0. The van der Waals surface area contributed by atoms with Crippen molar-refractivity contribution in [1.82, 2.24) is 5.32 Å². The summed E-state index contributed by atoms with van der Waals surface area (Å²) in [7, 11) is 0. The molecule has 0 heterocycles. The Morgan fingerprint density at radius 3 is 2.50 bits per heavy atom. The van der Waals surface area contributed by atoms with Gasteiger partial charge in [0.25, 0.3) is 0 Å². The van der Waals surface area contributed by atoms with Gasteiger partial charge >= 0.3 is 0 Å². The molecular formula is C16H24FN. The number of hydrogen-bond acceptors (Lipinski definition) is 1. The molecule has 18 heavy (non-hydrogen) atoms. The lowest BCUT2D eigenvalue weighted by atomic mass is 9.85. The van der Waals surface area contributed by atoms with Crippen molar-refractivity contribution in [1.29, 1.82) is 0 Å². The molecule has 0 aliphatic heterocycles. The molecule has 1 aliphatic rings. The van der Waals surface area contributed by atoms with Gasteiger partial charge in [0.05, 0.1) is 0 Å². The Labute approximate surface area is 110 Å². The Hall–Kier alpha value is -0.890. The van der Waals surface area contributed by atoms with E-state index in [1.807, 2.05) is 12.1 Å². The van der Waals surface area contributed by atoms with E-state index in [4.69, 9.17) is 0 Å². The first-order valence-electron chi connectivity index (χ1n) is 7.22. The third kappa shape index (κ3) is 3.32. The molecule has 100 valence electrons. The van der Waals surface area contributed by atoms with Crippen molar-refractivity contribution < 1.29 is 4.39 Å². The second-order valence-corrected chi connectivity index (χ2v) is 5.55. The van der Waals surface area contributed by atoms with E-state index in [0.717, 1.165) is 12.3 Å². The Morgan fingerprint density at radius 1 is 1.22 bits per heavy atom. The van der Waals surface area contributed by atoms with Crippen LogP contribution in [-0.2, 0) is 0 Å². The second kappa shape index (κ2) is 6.33. The van der Waals surface area contributed by atoms with Gasteiger partial charge in [-0.3, -0.25) is 0 Å². The minimum Gasteiger partial charge on any atom is -0.307 e. The third-order valence-corrected chi connectivity index (χ3v) is 4.21. The molecule has 3 unspecified atom stereocenters. The summed E-state index contributed by atoms with van der Waals surface area (Å²) in [5.74, 6) is 0.605. The van der Waals surface area contributed by atoms with Gasteiger partial charge in [-0.2, -0.15) is 0 Å². The fourth-order valence-corrected chi connectivity index (χ4v) is 2.97. The van der Waals surface area contributed by atoms with E-state index in [0.29, 0.717) is 12.1 Å². The van der Waals surface area contributed by atoms with Crippen molar-refractivity contribution in [2.24, 2.45) is 5.92 Å². The van der Waals surface area contributed by atoms with Crippen LogP contribution in [0.5, 0.6) is 0 Å². The fraction of sp³-hybridized carbons (Fsp3) is 0.625. The minimum absolute atomic E-state index is 0.153. The Morgan fingerprint density at radius 2 is 1.89 bits per heavy atom. The highest BCUT2D eigenvalue weighted by Crippen LogP contribution is 2.27. The molecule has 2 heteroatoms. The summed E-state index contributed by atoms with van der Waals surface area (Å²) >= 11 is 0. The van der Waals surface area contributed by atoms with Crippen LogP contribution in [-0.4, -0.2) is 6.04 Å². The van der Waals surface area contributed by atoms with Crippen molar-refractivity contribution >= 4 is 0 Å². The molecule has 1 aliphatic carbocycles. The second-order valence-electron chi connectivity index (χ2n) is 5.55. The first-order chi connectivity index (χ1) is 8.70. The van der Waals surface area contributed by atoms with Gasteiger partial charge in [0, 0.05) is 12.1 Å². The summed E-state index contributed by atoms with van der Waals surface area (Å²) in [5.41, 5.74) is 1.21. The average molecular weight is 249 g/mol. The topological polar surface area (TPSA) is 12.0 Å². The van der Waals surface area contributed by atoms with E-state index < -0.39 is 0 Å². The number of halogens is 1. The molecule has 1 aromatic carbocycles. The molecule has 1 nitrogen and oxygen atoms in total. The van der Waals surface area contributed by atoms with Gasteiger partial charge in [0.2, 0.25) is 0 Å². The lowest BCUT2D eigenvalue weighted by molar-refractivity contribution is 0.256. The van der Waals surface area contributed by atoms with Crippen molar-refractivity contribution in [2.75, 3.05) is 0 Å². The van der Waals surface area contributed by atoms with E-state index in [2.05, 4.69) is 19.2 Å². The van der Waals surface area contributed by atoms with Crippen LogP contribution in [0, 0.1) is 11.7 Å². The molecule has 0 spiro atoms. The van der Waals surface area contributed by atoms with Crippen LogP contribution in [0.25, 0.3) is 0 Å². The number of rotatable bonds is 4. The zero-order chi connectivity index (χ0) is 13.0. The number of hydrogen-bond donors (Lipinski definition) is 1. The van der Waals surface area contributed by atoms with Crippen LogP contribution in [0.1, 0.15) is 57.6 Å². The van der Waals surface area contributed by atoms with Gasteiger partial charge in [0.1, 0.15) is 5.82 Å². The summed E-state index contributed by atoms with van der Waals surface area (Å²) in [5, 5.41) is 3.77. The minimum atomic E-state index is -0.153. The van der Waals surface area contributed by atoms with Crippen LogP contribution in [0.2, 0.25) is 0 Å². The van der Waals surface area contributed by atoms with Crippen molar-refractivity contribution in [3.8, 4) is 0 Å². The molecule has 1 aromatic rings. The maximum atomic E-state index is 13.0.